The fourth-order valence-corrected chi connectivity index (χ4v) is 5.59. The Kier molecular flexibility index (Phi) is 6.27. The maximum absolute atomic E-state index is 14.0. The molecule has 3 aliphatic heterocycles. The first-order chi connectivity index (χ1) is 17.5. The topological polar surface area (TPSA) is 110 Å². The molecular weight excluding hydrogens is 495 g/mol. The van der Waals surface area contributed by atoms with Crippen molar-refractivity contribution in [3.63, 3.8) is 0 Å². The first-order valence-corrected chi connectivity index (χ1v) is 12.0. The van der Waals surface area contributed by atoms with Crippen molar-refractivity contribution in [2.24, 2.45) is 0 Å². The van der Waals surface area contributed by atoms with E-state index in [1.165, 1.54) is 10.8 Å². The van der Waals surface area contributed by atoms with Gasteiger partial charge in [0.25, 0.3) is 11.8 Å². The Morgan fingerprint density at radius 3 is 2.59 bits per heavy atom. The van der Waals surface area contributed by atoms with Gasteiger partial charge in [-0.05, 0) is 26.7 Å². The van der Waals surface area contributed by atoms with Crippen LogP contribution in [-0.4, -0.2) is 57.5 Å². The molecule has 4 heterocycles. The normalized spacial score (nSPS) is 27.1. The fourth-order valence-electron chi connectivity index (χ4n) is 5.59. The highest BCUT2D eigenvalue weighted by Gasteiger charge is 2.52. The van der Waals surface area contributed by atoms with Crippen LogP contribution < -0.4 is 10.7 Å². The molecule has 9 nitrogen and oxygen atoms in total. The number of fused-ring (bicyclic) bond motifs is 5. The van der Waals surface area contributed by atoms with Gasteiger partial charge in [0.15, 0.2) is 11.4 Å². The lowest BCUT2D eigenvalue weighted by Crippen LogP contribution is -2.55. The predicted molar refractivity (Wildman–Crippen MR) is 122 cm³/mol. The number of nitrogens with one attached hydrogen (secondary N) is 1. The van der Waals surface area contributed by atoms with Gasteiger partial charge in [0.1, 0.15) is 29.8 Å². The number of halogens is 3. The molecule has 0 radical (unpaired) electrons. The third-order valence-electron chi connectivity index (χ3n) is 7.61. The van der Waals surface area contributed by atoms with Crippen molar-refractivity contribution in [1.82, 2.24) is 14.8 Å². The van der Waals surface area contributed by atoms with E-state index in [0.717, 1.165) is 0 Å². The van der Waals surface area contributed by atoms with Crippen LogP contribution in [0.3, 0.4) is 0 Å². The van der Waals surface area contributed by atoms with E-state index in [1.807, 2.05) is 13.8 Å². The molecule has 0 saturated carbocycles. The minimum Gasteiger partial charge on any atom is -0.503 e. The molecule has 2 amide bonds. The van der Waals surface area contributed by atoms with E-state index < -0.39 is 69.8 Å². The quantitative estimate of drug-likeness (QED) is 0.643. The van der Waals surface area contributed by atoms with Gasteiger partial charge in [0, 0.05) is 49.4 Å². The Balaban J connectivity index is 1.55. The monoisotopic (exact) mass is 521 g/mol. The minimum absolute atomic E-state index is 0.0314. The lowest BCUT2D eigenvalue weighted by atomic mass is 9.82. The van der Waals surface area contributed by atoms with Crippen LogP contribution in [0.1, 0.15) is 65.6 Å². The smallest absolute Gasteiger partial charge is 0.274 e. The summed E-state index contributed by atoms with van der Waals surface area (Å²) in [4.78, 5) is 40.9. The molecule has 2 saturated heterocycles. The van der Waals surface area contributed by atoms with Gasteiger partial charge in [-0.1, -0.05) is 0 Å². The predicted octanol–water partition coefficient (Wildman–Crippen LogP) is 2.60. The number of pyridine rings is 1. The molecule has 5 rings (SSSR count). The van der Waals surface area contributed by atoms with E-state index >= 15 is 0 Å². The second-order valence-corrected chi connectivity index (χ2v) is 9.88. The molecule has 0 aliphatic carbocycles. The largest absolute Gasteiger partial charge is 0.503 e. The molecule has 1 unspecified atom stereocenters. The molecule has 2 bridgehead atoms. The van der Waals surface area contributed by atoms with Gasteiger partial charge in [0.2, 0.25) is 5.43 Å². The van der Waals surface area contributed by atoms with Crippen LogP contribution in [0, 0.1) is 17.5 Å². The summed E-state index contributed by atoms with van der Waals surface area (Å²) in [5.74, 6) is -5.97. The summed E-state index contributed by atoms with van der Waals surface area (Å²) in [5, 5.41) is 13.1. The highest BCUT2D eigenvalue weighted by molar-refractivity contribution is 5.99. The zero-order valence-corrected chi connectivity index (χ0v) is 20.2. The lowest BCUT2D eigenvalue weighted by Gasteiger charge is -2.47. The van der Waals surface area contributed by atoms with Crippen molar-refractivity contribution in [2.75, 3.05) is 13.3 Å². The molecule has 1 aromatic heterocycles. The summed E-state index contributed by atoms with van der Waals surface area (Å²) in [7, 11) is 0. The van der Waals surface area contributed by atoms with E-state index in [1.54, 1.807) is 4.90 Å². The van der Waals surface area contributed by atoms with Crippen molar-refractivity contribution < 1.29 is 37.3 Å². The van der Waals surface area contributed by atoms with Crippen molar-refractivity contribution in [3.8, 4) is 5.75 Å². The average molecular weight is 521 g/mol. The Bertz CT molecular complexity index is 1320. The molecule has 1 spiro atoms. The van der Waals surface area contributed by atoms with Crippen LogP contribution in [0.5, 0.6) is 5.75 Å². The molecule has 2 aromatic rings. The third kappa shape index (κ3) is 4.17. The standard InChI is InChI=1S/C25H26F3N3O6/c1-12-3-4-25(7-13(2)36-11-37-25)19-10-30(12)24(35)20-22(33)21(32)16(9-31(19)20)23(34)29-8-15-17(27)5-14(26)6-18(15)28/h5-6,9,12-13,19,33H,3-4,7-8,10-11H2,1-2H3,(H,29,34)/t12-,13?,19+,25+/m0/s1. The summed E-state index contributed by atoms with van der Waals surface area (Å²) < 4.78 is 54.4. The number of carbonyl (C=O) groups is 2. The van der Waals surface area contributed by atoms with E-state index in [0.29, 0.717) is 31.4 Å². The summed E-state index contributed by atoms with van der Waals surface area (Å²) in [6, 6.07) is 0.232. The Labute approximate surface area is 209 Å². The summed E-state index contributed by atoms with van der Waals surface area (Å²) >= 11 is 0. The van der Waals surface area contributed by atoms with Crippen LogP contribution in [0.25, 0.3) is 0 Å². The number of amides is 2. The van der Waals surface area contributed by atoms with Crippen LogP contribution in [0.15, 0.2) is 23.1 Å². The summed E-state index contributed by atoms with van der Waals surface area (Å²) in [6.07, 6.45) is 2.73. The van der Waals surface area contributed by atoms with Gasteiger partial charge in [-0.3, -0.25) is 14.4 Å². The van der Waals surface area contributed by atoms with Gasteiger partial charge in [-0.15, -0.1) is 0 Å². The summed E-state index contributed by atoms with van der Waals surface area (Å²) in [5.41, 5.74) is -3.24. The van der Waals surface area contributed by atoms with E-state index in [4.69, 9.17) is 9.47 Å². The second kappa shape index (κ2) is 9.18. The third-order valence-corrected chi connectivity index (χ3v) is 7.61. The first kappa shape index (κ1) is 25.3. The van der Waals surface area contributed by atoms with Gasteiger partial charge >= 0.3 is 0 Å². The Morgan fingerprint density at radius 1 is 1.22 bits per heavy atom. The number of aromatic nitrogens is 1. The number of hydrogen-bond acceptors (Lipinski definition) is 6. The number of benzene rings is 1. The Morgan fingerprint density at radius 2 is 1.92 bits per heavy atom. The Hall–Kier alpha value is -3.38. The highest BCUT2D eigenvalue weighted by Crippen LogP contribution is 2.46. The van der Waals surface area contributed by atoms with Crippen LogP contribution >= 0.6 is 0 Å². The fraction of sp³-hybridized carbons (Fsp3) is 0.480. The molecule has 37 heavy (non-hydrogen) atoms. The van der Waals surface area contributed by atoms with E-state index in [9.17, 15) is 32.7 Å². The number of hydrogen-bond donors (Lipinski definition) is 2. The van der Waals surface area contributed by atoms with E-state index in [2.05, 4.69) is 5.32 Å². The van der Waals surface area contributed by atoms with Crippen molar-refractivity contribution in [2.45, 2.75) is 63.4 Å². The van der Waals surface area contributed by atoms with Gasteiger partial charge in [-0.2, -0.15) is 0 Å². The van der Waals surface area contributed by atoms with Crippen molar-refractivity contribution >= 4 is 11.8 Å². The summed E-state index contributed by atoms with van der Waals surface area (Å²) in [6.45, 7) is 3.38. The molecule has 12 heteroatoms. The molecule has 2 fully saturated rings. The molecule has 198 valence electrons. The maximum Gasteiger partial charge on any atom is 0.274 e. The lowest BCUT2D eigenvalue weighted by molar-refractivity contribution is -0.236. The number of carbonyl (C=O) groups excluding carboxylic acids is 2. The molecule has 4 atom stereocenters. The number of rotatable bonds is 3. The first-order valence-electron chi connectivity index (χ1n) is 12.0. The van der Waals surface area contributed by atoms with Crippen LogP contribution in [0.2, 0.25) is 0 Å². The highest BCUT2D eigenvalue weighted by atomic mass is 19.1. The van der Waals surface area contributed by atoms with E-state index in [-0.39, 0.29) is 31.2 Å². The SMILES string of the molecule is CC1C[C@@]2(CC[C@H](C)N3C[C@H]2n2cc(C(=O)NCc4c(F)cc(F)cc4F)c(=O)c(O)c2C3=O)OCO1. The van der Waals surface area contributed by atoms with Gasteiger partial charge < -0.3 is 29.4 Å². The molecular formula is C25H26F3N3O6. The minimum atomic E-state index is -1.20. The zero-order chi connectivity index (χ0) is 26.6. The average Bonchev–Trinajstić information content (AvgIpc) is 2.94. The maximum atomic E-state index is 14.0. The second-order valence-electron chi connectivity index (χ2n) is 9.88. The van der Waals surface area contributed by atoms with Crippen molar-refractivity contribution in [1.29, 1.82) is 0 Å². The number of nitrogens with zero attached hydrogens (tertiary/aromatic N) is 2. The van der Waals surface area contributed by atoms with Crippen molar-refractivity contribution in [3.05, 3.63) is 62.8 Å². The number of ether oxygens (including phenoxy) is 2. The number of aromatic hydroxyl groups is 1. The van der Waals surface area contributed by atoms with Gasteiger partial charge in [-0.25, -0.2) is 13.2 Å². The van der Waals surface area contributed by atoms with Crippen LogP contribution in [0.4, 0.5) is 13.2 Å². The zero-order valence-electron chi connectivity index (χ0n) is 20.2. The molecule has 1 aromatic carbocycles. The van der Waals surface area contributed by atoms with Gasteiger partial charge in [0.05, 0.1) is 17.7 Å². The molecule has 3 aliphatic rings. The van der Waals surface area contributed by atoms with Crippen LogP contribution in [-0.2, 0) is 16.0 Å². The molecule has 2 N–H and O–H groups in total.